The highest BCUT2D eigenvalue weighted by Crippen LogP contribution is 2.34. The first-order valence-corrected chi connectivity index (χ1v) is 11.0. The van der Waals surface area contributed by atoms with E-state index in [-0.39, 0.29) is 10.8 Å². The van der Waals surface area contributed by atoms with E-state index < -0.39 is 28.5 Å². The molecule has 0 saturated heterocycles. The van der Waals surface area contributed by atoms with E-state index >= 15 is 0 Å². The van der Waals surface area contributed by atoms with Crippen molar-refractivity contribution in [2.45, 2.75) is 12.3 Å². The van der Waals surface area contributed by atoms with Crippen LogP contribution in [0.15, 0.2) is 47.8 Å². The summed E-state index contributed by atoms with van der Waals surface area (Å²) in [6.07, 6.45) is 0. The third-order valence-electron chi connectivity index (χ3n) is 5.11. The molecule has 170 valence electrons. The Bertz CT molecular complexity index is 1040. The van der Waals surface area contributed by atoms with Crippen LogP contribution in [-0.4, -0.2) is 44.7 Å². The fourth-order valence-electron chi connectivity index (χ4n) is 3.37. The average molecular weight is 461 g/mol. The highest BCUT2D eigenvalue weighted by atomic mass is 32.1. The van der Waals surface area contributed by atoms with Crippen LogP contribution in [0.4, 0.5) is 19.6 Å². The molecule has 0 spiro atoms. The summed E-state index contributed by atoms with van der Waals surface area (Å²) in [5.74, 6) is -2.78. The second-order valence-corrected chi connectivity index (χ2v) is 8.33. The molecule has 0 aliphatic heterocycles. The van der Waals surface area contributed by atoms with Gasteiger partial charge in [-0.15, -0.1) is 11.3 Å². The zero-order valence-corrected chi connectivity index (χ0v) is 19.0. The number of methoxy groups -OCH3 is 1. The number of carbonyl (C=O) groups is 1. The van der Waals surface area contributed by atoms with Crippen LogP contribution in [0.25, 0.3) is 0 Å². The third-order valence-corrected chi connectivity index (χ3v) is 5.86. The summed E-state index contributed by atoms with van der Waals surface area (Å²) < 4.78 is 34.4. The number of benzene rings is 2. The number of likely N-dealkylation sites (N-methyl/N-ethyl adjacent to an activating group) is 1. The van der Waals surface area contributed by atoms with Crippen LogP contribution in [0.5, 0.6) is 0 Å². The number of ether oxygens (including phenoxy) is 1. The Morgan fingerprint density at radius 1 is 1.16 bits per heavy atom. The molecule has 9 heteroatoms. The Kier molecular flexibility index (Phi) is 7.89. The SMILES string of the molecule is CNCCNc1cc(F)c(C(=O)Nc2nc(C(C)(COC)c3ccccc3)cs2)c(F)c1. The predicted octanol–water partition coefficient (Wildman–Crippen LogP) is 4.26. The predicted molar refractivity (Wildman–Crippen MR) is 124 cm³/mol. The summed E-state index contributed by atoms with van der Waals surface area (Å²) in [5.41, 5.74) is 0.761. The molecule has 0 fully saturated rings. The first-order valence-electron chi connectivity index (χ1n) is 10.1. The van der Waals surface area contributed by atoms with Gasteiger partial charge in [-0.2, -0.15) is 0 Å². The second kappa shape index (κ2) is 10.6. The number of anilines is 2. The molecule has 1 unspecified atom stereocenters. The van der Waals surface area contributed by atoms with Gasteiger partial charge in [-0.3, -0.25) is 10.1 Å². The van der Waals surface area contributed by atoms with E-state index in [1.165, 1.54) is 11.3 Å². The van der Waals surface area contributed by atoms with Crippen molar-refractivity contribution >= 4 is 28.1 Å². The third kappa shape index (κ3) is 5.29. The van der Waals surface area contributed by atoms with Crippen molar-refractivity contribution in [2.24, 2.45) is 0 Å². The fraction of sp³-hybridized carbons (Fsp3) is 0.304. The smallest absolute Gasteiger partial charge is 0.263 e. The van der Waals surface area contributed by atoms with Gasteiger partial charge in [-0.05, 0) is 31.7 Å². The van der Waals surface area contributed by atoms with Crippen molar-refractivity contribution in [3.8, 4) is 0 Å². The zero-order chi connectivity index (χ0) is 23.1. The van der Waals surface area contributed by atoms with Crippen molar-refractivity contribution in [3.63, 3.8) is 0 Å². The fourth-order valence-corrected chi connectivity index (χ4v) is 4.21. The first kappa shape index (κ1) is 23.8. The van der Waals surface area contributed by atoms with Gasteiger partial charge in [0, 0.05) is 31.3 Å². The second-order valence-electron chi connectivity index (χ2n) is 7.47. The minimum Gasteiger partial charge on any atom is -0.384 e. The number of thiazole rings is 1. The van der Waals surface area contributed by atoms with Gasteiger partial charge in [0.25, 0.3) is 5.91 Å². The molecule has 0 aliphatic carbocycles. The number of nitrogens with zero attached hydrogens (tertiary/aromatic N) is 1. The van der Waals surface area contributed by atoms with E-state index in [0.717, 1.165) is 17.7 Å². The topological polar surface area (TPSA) is 75.3 Å². The number of carbonyl (C=O) groups excluding carboxylic acids is 1. The van der Waals surface area contributed by atoms with Crippen LogP contribution in [0, 0.1) is 11.6 Å². The molecule has 0 aliphatic rings. The Balaban J connectivity index is 1.80. The molecule has 0 radical (unpaired) electrons. The van der Waals surface area contributed by atoms with Crippen LogP contribution in [0.1, 0.15) is 28.5 Å². The zero-order valence-electron chi connectivity index (χ0n) is 18.2. The van der Waals surface area contributed by atoms with Gasteiger partial charge < -0.3 is 15.4 Å². The quantitative estimate of drug-likeness (QED) is 0.394. The molecule has 32 heavy (non-hydrogen) atoms. The Hall–Kier alpha value is -2.88. The molecule has 0 bridgehead atoms. The Morgan fingerprint density at radius 3 is 2.47 bits per heavy atom. The summed E-state index contributed by atoms with van der Waals surface area (Å²) in [4.78, 5) is 17.1. The number of hydrogen-bond donors (Lipinski definition) is 3. The lowest BCUT2D eigenvalue weighted by atomic mass is 9.81. The van der Waals surface area contributed by atoms with Gasteiger partial charge in [-0.25, -0.2) is 13.8 Å². The van der Waals surface area contributed by atoms with E-state index in [9.17, 15) is 13.6 Å². The number of rotatable bonds is 10. The molecular weight excluding hydrogens is 434 g/mol. The van der Waals surface area contributed by atoms with Gasteiger partial charge in [0.05, 0.1) is 17.7 Å². The molecule has 1 amide bonds. The molecule has 3 aromatic rings. The first-order chi connectivity index (χ1) is 15.4. The van der Waals surface area contributed by atoms with Crippen LogP contribution < -0.4 is 16.0 Å². The van der Waals surface area contributed by atoms with Gasteiger partial charge in [0.2, 0.25) is 0 Å². The molecule has 3 rings (SSSR count). The largest absolute Gasteiger partial charge is 0.384 e. The number of halogens is 2. The van der Waals surface area contributed by atoms with Gasteiger partial charge in [-0.1, -0.05) is 30.3 Å². The van der Waals surface area contributed by atoms with Gasteiger partial charge in [0.15, 0.2) is 5.13 Å². The minimum atomic E-state index is -0.945. The maximum atomic E-state index is 14.5. The lowest BCUT2D eigenvalue weighted by Crippen LogP contribution is -2.29. The normalized spacial score (nSPS) is 12.9. The number of hydrogen-bond acceptors (Lipinski definition) is 6. The van der Waals surface area contributed by atoms with E-state index in [2.05, 4.69) is 20.9 Å². The monoisotopic (exact) mass is 460 g/mol. The lowest BCUT2D eigenvalue weighted by molar-refractivity contribution is 0.101. The van der Waals surface area contributed by atoms with Crippen molar-refractivity contribution in [1.82, 2.24) is 10.3 Å². The highest BCUT2D eigenvalue weighted by Gasteiger charge is 2.32. The summed E-state index contributed by atoms with van der Waals surface area (Å²) in [6, 6.07) is 12.0. The molecule has 1 aromatic heterocycles. The van der Waals surface area contributed by atoms with Gasteiger partial charge in [0.1, 0.15) is 17.2 Å². The summed E-state index contributed by atoms with van der Waals surface area (Å²) in [5, 5.41) is 10.4. The van der Waals surface area contributed by atoms with E-state index in [4.69, 9.17) is 4.74 Å². The standard InChI is InChI=1S/C23H26F2N4O2S/c1-23(14-31-3,15-7-5-4-6-8-15)19-13-32-22(28-19)29-21(30)20-17(24)11-16(12-18(20)25)27-10-9-26-2/h4-8,11-13,26-27H,9-10,14H2,1-3H3,(H,28,29,30). The molecule has 2 aromatic carbocycles. The van der Waals surface area contributed by atoms with Crippen molar-refractivity contribution in [2.75, 3.05) is 44.5 Å². The van der Waals surface area contributed by atoms with Crippen molar-refractivity contribution in [1.29, 1.82) is 0 Å². The molecule has 1 heterocycles. The molecule has 3 N–H and O–H groups in total. The van der Waals surface area contributed by atoms with Crippen molar-refractivity contribution < 1.29 is 18.3 Å². The maximum absolute atomic E-state index is 14.5. The Labute approximate surface area is 190 Å². The van der Waals surface area contributed by atoms with Crippen LogP contribution in [0.3, 0.4) is 0 Å². The minimum absolute atomic E-state index is 0.248. The lowest BCUT2D eigenvalue weighted by Gasteiger charge is -2.27. The summed E-state index contributed by atoms with van der Waals surface area (Å²) >= 11 is 1.19. The van der Waals surface area contributed by atoms with Crippen LogP contribution >= 0.6 is 11.3 Å². The highest BCUT2D eigenvalue weighted by molar-refractivity contribution is 7.14. The molecule has 1 atom stereocenters. The van der Waals surface area contributed by atoms with Crippen LogP contribution in [0.2, 0.25) is 0 Å². The number of nitrogens with one attached hydrogen (secondary N) is 3. The van der Waals surface area contributed by atoms with Gasteiger partial charge >= 0.3 is 0 Å². The Morgan fingerprint density at radius 2 is 1.84 bits per heavy atom. The number of amides is 1. The number of aromatic nitrogens is 1. The van der Waals surface area contributed by atoms with E-state index in [1.807, 2.05) is 42.6 Å². The maximum Gasteiger partial charge on any atom is 0.263 e. The molecule has 0 saturated carbocycles. The van der Waals surface area contributed by atoms with Crippen LogP contribution in [-0.2, 0) is 10.2 Å². The van der Waals surface area contributed by atoms with E-state index in [1.54, 1.807) is 14.2 Å². The molecular formula is C23H26F2N4O2S. The summed E-state index contributed by atoms with van der Waals surface area (Å²) in [7, 11) is 3.39. The summed E-state index contributed by atoms with van der Waals surface area (Å²) in [6.45, 7) is 3.48. The molecule has 6 nitrogen and oxygen atoms in total. The van der Waals surface area contributed by atoms with E-state index in [0.29, 0.717) is 25.4 Å². The van der Waals surface area contributed by atoms with Crippen molar-refractivity contribution in [3.05, 3.63) is 76.3 Å². The average Bonchev–Trinajstić information content (AvgIpc) is 3.23.